The number of halogens is 3. The lowest BCUT2D eigenvalue weighted by molar-refractivity contribution is -0.113. The minimum absolute atomic E-state index is 0.0972. The molecule has 0 saturated carbocycles. The number of ether oxygens (including phenoxy) is 2. The predicted molar refractivity (Wildman–Crippen MR) is 193 cm³/mol. The van der Waals surface area contributed by atoms with E-state index < -0.39 is 11.9 Å². The number of hydrogen-bond donors (Lipinski definition) is 2. The third-order valence-corrected chi connectivity index (χ3v) is 9.87. The molecule has 6 rings (SSSR count). The maximum Gasteiger partial charge on any atom is 0.255 e. The van der Waals surface area contributed by atoms with Crippen LogP contribution in [0.2, 0.25) is 10.0 Å². The fourth-order valence-electron chi connectivity index (χ4n) is 5.53. The van der Waals surface area contributed by atoms with Crippen LogP contribution in [-0.2, 0) is 17.2 Å². The summed E-state index contributed by atoms with van der Waals surface area (Å²) in [6.07, 6.45) is 0. The van der Waals surface area contributed by atoms with Crippen molar-refractivity contribution < 1.29 is 18.7 Å². The molecule has 0 bridgehead atoms. The number of aryl methyl sites for hydroxylation is 1. The number of hydrogen-bond acceptors (Lipinski definition) is 7. The number of allylic oxidation sites excluding steroid dienone is 1. The number of benzene rings is 4. The van der Waals surface area contributed by atoms with E-state index in [0.29, 0.717) is 56.8 Å². The zero-order valence-corrected chi connectivity index (χ0v) is 29.6. The molecule has 5 aromatic rings. The Morgan fingerprint density at radius 2 is 1.76 bits per heavy atom. The molecule has 4 aromatic carbocycles. The van der Waals surface area contributed by atoms with Crippen LogP contribution in [-0.4, -0.2) is 27.3 Å². The summed E-state index contributed by atoms with van der Waals surface area (Å²) < 4.78 is 28.3. The number of aromatic nitrogens is 3. The minimum Gasteiger partial charge on any atom is -0.490 e. The van der Waals surface area contributed by atoms with Crippen LogP contribution in [0, 0.1) is 19.7 Å². The van der Waals surface area contributed by atoms with E-state index in [-0.39, 0.29) is 23.1 Å². The lowest BCUT2D eigenvalue weighted by atomic mass is 9.94. The molecule has 49 heavy (non-hydrogen) atoms. The van der Waals surface area contributed by atoms with Crippen LogP contribution in [0.4, 0.5) is 16.0 Å². The minimum atomic E-state index is -0.683. The van der Waals surface area contributed by atoms with Gasteiger partial charge in [-0.1, -0.05) is 77.4 Å². The molecule has 1 aromatic heterocycles. The molecular weight excluding hydrogens is 684 g/mol. The second-order valence-electron chi connectivity index (χ2n) is 11.4. The molecule has 252 valence electrons. The van der Waals surface area contributed by atoms with E-state index in [0.717, 1.165) is 22.4 Å². The smallest absolute Gasteiger partial charge is 0.255 e. The Hall–Kier alpha value is -4.51. The lowest BCUT2D eigenvalue weighted by Crippen LogP contribution is -2.31. The maximum absolute atomic E-state index is 14.5. The highest BCUT2D eigenvalue weighted by Crippen LogP contribution is 2.41. The molecule has 0 radical (unpaired) electrons. The Kier molecular flexibility index (Phi) is 10.5. The summed E-state index contributed by atoms with van der Waals surface area (Å²) in [5, 5.41) is 12.7. The van der Waals surface area contributed by atoms with Gasteiger partial charge >= 0.3 is 0 Å². The van der Waals surface area contributed by atoms with Gasteiger partial charge in [0.25, 0.3) is 5.91 Å². The van der Waals surface area contributed by atoms with Gasteiger partial charge in [-0.2, -0.15) is 4.98 Å². The highest BCUT2D eigenvalue weighted by molar-refractivity contribution is 7.98. The summed E-state index contributed by atoms with van der Waals surface area (Å²) in [6.45, 7) is 7.93. The number of carbonyl (C=O) groups is 1. The van der Waals surface area contributed by atoms with E-state index in [1.807, 2.05) is 82.3 Å². The van der Waals surface area contributed by atoms with Crippen LogP contribution < -0.4 is 20.1 Å². The molecule has 0 spiro atoms. The van der Waals surface area contributed by atoms with Gasteiger partial charge < -0.3 is 20.1 Å². The van der Waals surface area contributed by atoms with Gasteiger partial charge in [0.2, 0.25) is 11.1 Å². The van der Waals surface area contributed by atoms with Gasteiger partial charge in [0.15, 0.2) is 11.5 Å². The van der Waals surface area contributed by atoms with E-state index in [1.54, 1.807) is 22.9 Å². The van der Waals surface area contributed by atoms with Crippen LogP contribution in [0.5, 0.6) is 11.5 Å². The molecule has 1 unspecified atom stereocenters. The third kappa shape index (κ3) is 7.41. The number of amides is 1. The van der Waals surface area contributed by atoms with Gasteiger partial charge in [0.05, 0.1) is 17.2 Å². The molecule has 1 atom stereocenters. The van der Waals surface area contributed by atoms with Gasteiger partial charge in [0, 0.05) is 27.7 Å². The van der Waals surface area contributed by atoms with Gasteiger partial charge in [-0.05, 0) is 86.3 Å². The van der Waals surface area contributed by atoms with Gasteiger partial charge in [-0.3, -0.25) is 4.79 Å². The van der Waals surface area contributed by atoms with Crippen LogP contribution in [0.15, 0.2) is 95.3 Å². The summed E-state index contributed by atoms with van der Waals surface area (Å²) in [4.78, 5) is 19.0. The molecule has 12 heteroatoms. The number of thioether (sulfide) groups is 1. The summed E-state index contributed by atoms with van der Waals surface area (Å²) in [5.41, 5.74) is 5.75. The van der Waals surface area contributed by atoms with Crippen molar-refractivity contribution in [1.29, 1.82) is 0 Å². The second kappa shape index (κ2) is 14.9. The first-order valence-electron chi connectivity index (χ1n) is 15.6. The molecule has 0 aliphatic carbocycles. The summed E-state index contributed by atoms with van der Waals surface area (Å²) in [5.74, 6) is 1.12. The van der Waals surface area contributed by atoms with Crippen molar-refractivity contribution in [3.63, 3.8) is 0 Å². The maximum atomic E-state index is 14.5. The van der Waals surface area contributed by atoms with Crippen LogP contribution in [0.25, 0.3) is 0 Å². The zero-order valence-electron chi connectivity index (χ0n) is 27.3. The van der Waals surface area contributed by atoms with E-state index in [9.17, 15) is 9.18 Å². The van der Waals surface area contributed by atoms with E-state index in [2.05, 4.69) is 10.6 Å². The second-order valence-corrected chi connectivity index (χ2v) is 13.2. The standard InChI is InChI=1S/C37H34Cl2FN5O3S/c1-5-47-32-18-24(16-17-31(32)48-19-26-28(39)13-9-14-29(26)40)34-33(35(46)42-30-15-8-10-21(2)22(30)3)23(4)41-36-43-37(44-45(34)36)49-20-25-11-6-7-12-27(25)38/h6-18,34H,5,19-20H2,1-4H3,(H,42,46)(H,41,43,44). The molecule has 2 N–H and O–H groups in total. The first-order chi connectivity index (χ1) is 23.6. The summed E-state index contributed by atoms with van der Waals surface area (Å²) in [7, 11) is 0. The van der Waals surface area contributed by atoms with E-state index in [4.69, 9.17) is 42.8 Å². The fourth-order valence-corrected chi connectivity index (χ4v) is 6.86. The Morgan fingerprint density at radius 3 is 2.53 bits per heavy atom. The van der Waals surface area contributed by atoms with Crippen LogP contribution >= 0.6 is 35.0 Å². The largest absolute Gasteiger partial charge is 0.490 e. The molecular formula is C37H34Cl2FN5O3S. The van der Waals surface area contributed by atoms with E-state index >= 15 is 0 Å². The Bertz CT molecular complexity index is 2050. The van der Waals surface area contributed by atoms with Crippen molar-refractivity contribution in [3.8, 4) is 11.5 Å². The topological polar surface area (TPSA) is 90.3 Å². The first-order valence-corrected chi connectivity index (χ1v) is 17.4. The number of rotatable bonds is 11. The van der Waals surface area contributed by atoms with Crippen LogP contribution in [0.1, 0.15) is 47.7 Å². The number of anilines is 2. The van der Waals surface area contributed by atoms with E-state index in [1.165, 1.54) is 17.8 Å². The average Bonchev–Trinajstić information content (AvgIpc) is 3.48. The molecule has 1 aliphatic rings. The molecule has 2 heterocycles. The van der Waals surface area contributed by atoms with Crippen molar-refractivity contribution in [1.82, 2.24) is 14.8 Å². The first kappa shape index (κ1) is 34.4. The average molecular weight is 719 g/mol. The fraction of sp³-hybridized carbons (Fsp3) is 0.216. The van der Waals surface area contributed by atoms with Gasteiger partial charge in [-0.25, -0.2) is 9.07 Å². The Balaban J connectivity index is 1.38. The number of nitrogens with zero attached hydrogens (tertiary/aromatic N) is 3. The van der Waals surface area contributed by atoms with Crippen molar-refractivity contribution >= 4 is 52.5 Å². The normalized spacial score (nSPS) is 13.9. The zero-order chi connectivity index (χ0) is 34.7. The highest BCUT2D eigenvalue weighted by atomic mass is 35.5. The highest BCUT2D eigenvalue weighted by Gasteiger charge is 2.35. The van der Waals surface area contributed by atoms with Crippen molar-refractivity contribution in [2.45, 2.75) is 51.3 Å². The van der Waals surface area contributed by atoms with Gasteiger partial charge in [-0.15, -0.1) is 5.10 Å². The predicted octanol–water partition coefficient (Wildman–Crippen LogP) is 9.54. The molecule has 1 amide bonds. The quantitative estimate of drug-likeness (QED) is 0.132. The number of fused-ring (bicyclic) bond motifs is 1. The molecule has 0 saturated heterocycles. The molecule has 8 nitrogen and oxygen atoms in total. The molecule has 1 aliphatic heterocycles. The van der Waals surface area contributed by atoms with Crippen LogP contribution in [0.3, 0.4) is 0 Å². The Labute approximate surface area is 298 Å². The SMILES string of the molecule is CCOc1cc(C2C(C(=O)Nc3cccc(C)c3C)=C(C)Nc3nc(SCc4ccccc4Cl)nn32)ccc1OCc1c(F)cccc1Cl. The molecule has 0 fully saturated rings. The van der Waals surface area contributed by atoms with Crippen molar-refractivity contribution in [2.75, 3.05) is 17.2 Å². The summed E-state index contributed by atoms with van der Waals surface area (Å²) in [6, 6.07) is 22.7. The third-order valence-electron chi connectivity index (χ3n) is 8.26. The Morgan fingerprint density at radius 1 is 0.980 bits per heavy atom. The van der Waals surface area contributed by atoms with Crippen molar-refractivity contribution in [3.05, 3.63) is 134 Å². The number of carbonyl (C=O) groups excluding carboxylic acids is 1. The van der Waals surface area contributed by atoms with Gasteiger partial charge in [0.1, 0.15) is 18.5 Å². The monoisotopic (exact) mass is 717 g/mol. The number of nitrogens with one attached hydrogen (secondary N) is 2. The van der Waals surface area contributed by atoms with Crippen molar-refractivity contribution in [2.24, 2.45) is 0 Å². The lowest BCUT2D eigenvalue weighted by Gasteiger charge is -2.29. The summed E-state index contributed by atoms with van der Waals surface area (Å²) >= 11 is 14.1.